The summed E-state index contributed by atoms with van der Waals surface area (Å²) >= 11 is 0. The molecule has 0 saturated heterocycles. The topological polar surface area (TPSA) is 48.1 Å². The van der Waals surface area contributed by atoms with Crippen LogP contribution in [0.5, 0.6) is 5.75 Å². The highest BCUT2D eigenvalue weighted by atomic mass is 19.1. The third-order valence-electron chi connectivity index (χ3n) is 3.17. The molecule has 0 spiro atoms. The first-order valence-electron chi connectivity index (χ1n) is 6.11. The molecule has 1 heterocycles. The zero-order valence-corrected chi connectivity index (χ0v) is 11.1. The number of hydrogen-bond acceptors (Lipinski definition) is 3. The van der Waals surface area contributed by atoms with Crippen molar-refractivity contribution in [2.45, 2.75) is 19.4 Å². The fourth-order valence-electron chi connectivity index (χ4n) is 2.12. The Kier molecular flexibility index (Phi) is 4.12. The maximum atomic E-state index is 14.1. The Morgan fingerprint density at radius 2 is 2.16 bits per heavy atom. The first kappa shape index (κ1) is 13.5. The number of hydrogen-bond donors (Lipinski definition) is 1. The van der Waals surface area contributed by atoms with Crippen molar-refractivity contribution in [2.24, 2.45) is 5.73 Å². The van der Waals surface area contributed by atoms with Crippen LogP contribution in [0.3, 0.4) is 0 Å². The van der Waals surface area contributed by atoms with Gasteiger partial charge in [-0.05, 0) is 42.2 Å². The predicted molar refractivity (Wildman–Crippen MR) is 72.6 cm³/mol. The van der Waals surface area contributed by atoms with Crippen LogP contribution in [-0.4, -0.2) is 12.1 Å². The van der Waals surface area contributed by atoms with E-state index in [9.17, 15) is 4.39 Å². The number of benzene rings is 1. The van der Waals surface area contributed by atoms with Crippen molar-refractivity contribution in [1.82, 2.24) is 4.98 Å². The third-order valence-corrected chi connectivity index (χ3v) is 3.17. The van der Waals surface area contributed by atoms with E-state index in [-0.39, 0.29) is 17.6 Å². The molecule has 0 radical (unpaired) electrons. The molecule has 100 valence electrons. The molecule has 4 heteroatoms. The minimum absolute atomic E-state index is 0.246. The molecule has 0 amide bonds. The SMILES string of the molecule is COc1cccc(CC(N)c2ccncc2C)c1F. The summed E-state index contributed by atoms with van der Waals surface area (Å²) in [7, 11) is 1.45. The van der Waals surface area contributed by atoms with E-state index in [1.165, 1.54) is 7.11 Å². The summed E-state index contributed by atoms with van der Waals surface area (Å²) in [5.74, 6) is -0.0942. The average molecular weight is 260 g/mol. The van der Waals surface area contributed by atoms with Gasteiger partial charge in [0.25, 0.3) is 0 Å². The lowest BCUT2D eigenvalue weighted by Gasteiger charge is -2.15. The second-order valence-corrected chi connectivity index (χ2v) is 4.48. The predicted octanol–water partition coefficient (Wildman–Crippen LogP) is 2.78. The molecule has 2 aromatic rings. The largest absolute Gasteiger partial charge is 0.494 e. The monoisotopic (exact) mass is 260 g/mol. The molecule has 3 nitrogen and oxygen atoms in total. The Morgan fingerprint density at radius 3 is 2.84 bits per heavy atom. The van der Waals surface area contributed by atoms with Gasteiger partial charge >= 0.3 is 0 Å². The fourth-order valence-corrected chi connectivity index (χ4v) is 2.12. The zero-order valence-electron chi connectivity index (χ0n) is 11.1. The normalized spacial score (nSPS) is 12.2. The number of ether oxygens (including phenoxy) is 1. The van der Waals surface area contributed by atoms with Crippen LogP contribution >= 0.6 is 0 Å². The van der Waals surface area contributed by atoms with Crippen molar-refractivity contribution in [3.05, 3.63) is 59.2 Å². The van der Waals surface area contributed by atoms with E-state index >= 15 is 0 Å². The first-order valence-corrected chi connectivity index (χ1v) is 6.11. The fraction of sp³-hybridized carbons (Fsp3) is 0.267. The molecule has 1 aromatic carbocycles. The number of nitrogens with two attached hydrogens (primary N) is 1. The molecule has 0 aliphatic carbocycles. The van der Waals surface area contributed by atoms with Crippen molar-refractivity contribution >= 4 is 0 Å². The van der Waals surface area contributed by atoms with Crippen molar-refractivity contribution in [1.29, 1.82) is 0 Å². The van der Waals surface area contributed by atoms with Gasteiger partial charge < -0.3 is 10.5 Å². The van der Waals surface area contributed by atoms with Crippen LogP contribution in [0.4, 0.5) is 4.39 Å². The van der Waals surface area contributed by atoms with Crippen LogP contribution in [0, 0.1) is 12.7 Å². The lowest BCUT2D eigenvalue weighted by molar-refractivity contribution is 0.383. The Hall–Kier alpha value is -1.94. The number of methoxy groups -OCH3 is 1. The van der Waals surface area contributed by atoms with Gasteiger partial charge in [0.05, 0.1) is 7.11 Å². The van der Waals surface area contributed by atoms with Crippen molar-refractivity contribution in [3.8, 4) is 5.75 Å². The van der Waals surface area contributed by atoms with E-state index in [1.807, 2.05) is 13.0 Å². The minimum atomic E-state index is -0.341. The van der Waals surface area contributed by atoms with Crippen LogP contribution in [0.2, 0.25) is 0 Å². The van der Waals surface area contributed by atoms with Gasteiger partial charge in [-0.2, -0.15) is 0 Å². The maximum Gasteiger partial charge on any atom is 0.168 e. The van der Waals surface area contributed by atoms with Crippen LogP contribution in [0.25, 0.3) is 0 Å². The average Bonchev–Trinajstić information content (AvgIpc) is 2.41. The Bertz CT molecular complexity index is 572. The van der Waals surface area contributed by atoms with Gasteiger partial charge in [0.1, 0.15) is 0 Å². The summed E-state index contributed by atoms with van der Waals surface area (Å²) in [6.45, 7) is 1.95. The van der Waals surface area contributed by atoms with E-state index in [2.05, 4.69) is 4.98 Å². The van der Waals surface area contributed by atoms with Gasteiger partial charge in [-0.25, -0.2) is 4.39 Å². The molecule has 1 atom stereocenters. The Balaban J connectivity index is 2.24. The number of aryl methyl sites for hydroxylation is 1. The second-order valence-electron chi connectivity index (χ2n) is 4.48. The molecule has 1 unspecified atom stereocenters. The molecule has 2 N–H and O–H groups in total. The van der Waals surface area contributed by atoms with Gasteiger partial charge in [-0.15, -0.1) is 0 Å². The van der Waals surface area contributed by atoms with Gasteiger partial charge in [-0.1, -0.05) is 12.1 Å². The van der Waals surface area contributed by atoms with Crippen molar-refractivity contribution in [2.75, 3.05) is 7.11 Å². The molecule has 2 rings (SSSR count). The molecule has 0 fully saturated rings. The van der Waals surface area contributed by atoms with E-state index < -0.39 is 0 Å². The van der Waals surface area contributed by atoms with Crippen LogP contribution in [0.1, 0.15) is 22.7 Å². The number of pyridine rings is 1. The van der Waals surface area contributed by atoms with Crippen molar-refractivity contribution < 1.29 is 9.13 Å². The molecular weight excluding hydrogens is 243 g/mol. The van der Waals surface area contributed by atoms with E-state index in [4.69, 9.17) is 10.5 Å². The van der Waals surface area contributed by atoms with Crippen LogP contribution < -0.4 is 10.5 Å². The van der Waals surface area contributed by atoms with Gasteiger partial charge in [0.15, 0.2) is 11.6 Å². The van der Waals surface area contributed by atoms with Gasteiger partial charge in [0, 0.05) is 18.4 Å². The minimum Gasteiger partial charge on any atom is -0.494 e. The standard InChI is InChI=1S/C15H17FN2O/c1-10-9-18-7-6-12(10)13(17)8-11-4-3-5-14(19-2)15(11)16/h3-7,9,13H,8,17H2,1-2H3. The summed E-state index contributed by atoms with van der Waals surface area (Å²) in [5.41, 5.74) is 8.71. The van der Waals surface area contributed by atoms with Crippen LogP contribution in [-0.2, 0) is 6.42 Å². The third kappa shape index (κ3) is 2.90. The number of rotatable bonds is 4. The first-order chi connectivity index (χ1) is 9.13. The molecule has 0 aliphatic rings. The van der Waals surface area contributed by atoms with Gasteiger partial charge in [-0.3, -0.25) is 4.98 Å². The number of nitrogens with zero attached hydrogens (tertiary/aromatic N) is 1. The summed E-state index contributed by atoms with van der Waals surface area (Å²) in [6.07, 6.45) is 3.88. The maximum absolute atomic E-state index is 14.1. The molecule has 1 aromatic heterocycles. The highest BCUT2D eigenvalue weighted by Gasteiger charge is 2.14. The quantitative estimate of drug-likeness (QED) is 0.919. The molecule has 0 bridgehead atoms. The lowest BCUT2D eigenvalue weighted by atomic mass is 9.97. The summed E-state index contributed by atoms with van der Waals surface area (Å²) in [4.78, 5) is 4.03. The molecule has 0 aliphatic heterocycles. The smallest absolute Gasteiger partial charge is 0.168 e. The molecule has 0 saturated carbocycles. The highest BCUT2D eigenvalue weighted by molar-refractivity contribution is 5.33. The second kappa shape index (κ2) is 5.80. The summed E-state index contributed by atoms with van der Waals surface area (Å²) in [5, 5.41) is 0. The summed E-state index contributed by atoms with van der Waals surface area (Å²) in [6, 6.07) is 6.71. The summed E-state index contributed by atoms with van der Waals surface area (Å²) < 4.78 is 19.0. The number of halogens is 1. The lowest BCUT2D eigenvalue weighted by Crippen LogP contribution is -2.15. The Morgan fingerprint density at radius 1 is 1.37 bits per heavy atom. The molecular formula is C15H17FN2O. The highest BCUT2D eigenvalue weighted by Crippen LogP contribution is 2.25. The molecule has 19 heavy (non-hydrogen) atoms. The zero-order chi connectivity index (χ0) is 13.8. The van der Waals surface area contributed by atoms with E-state index in [0.29, 0.717) is 12.0 Å². The van der Waals surface area contributed by atoms with E-state index in [0.717, 1.165) is 11.1 Å². The van der Waals surface area contributed by atoms with Gasteiger partial charge in [0.2, 0.25) is 0 Å². The van der Waals surface area contributed by atoms with Crippen LogP contribution in [0.15, 0.2) is 36.7 Å². The van der Waals surface area contributed by atoms with E-state index in [1.54, 1.807) is 30.6 Å². The number of aromatic nitrogens is 1. The van der Waals surface area contributed by atoms with Crippen molar-refractivity contribution in [3.63, 3.8) is 0 Å². The Labute approximate surface area is 112 Å².